The number of ether oxygens (including phenoxy) is 1. The minimum atomic E-state index is -0.852. The van der Waals surface area contributed by atoms with Crippen LogP contribution in [0.1, 0.15) is 15.9 Å². The molecule has 1 amide bonds. The molecule has 1 N–H and O–H groups in total. The number of halogens is 2. The molecule has 4 nitrogen and oxygen atoms in total. The Kier molecular flexibility index (Phi) is 4.35. The molecule has 0 spiro atoms. The fraction of sp³-hybridized carbons (Fsp3) is 0.125. The van der Waals surface area contributed by atoms with E-state index < -0.39 is 12.1 Å². The Bertz CT molecular complexity index is 763. The summed E-state index contributed by atoms with van der Waals surface area (Å²) in [4.78, 5) is 24.3. The van der Waals surface area contributed by atoms with Crippen molar-refractivity contribution in [2.45, 2.75) is 12.5 Å². The summed E-state index contributed by atoms with van der Waals surface area (Å²) >= 11 is 8.08. The second-order valence-electron chi connectivity index (χ2n) is 4.87. The van der Waals surface area contributed by atoms with Gasteiger partial charge in [-0.2, -0.15) is 0 Å². The van der Waals surface area contributed by atoms with Gasteiger partial charge in [-0.25, -0.2) is 4.79 Å². The Morgan fingerprint density at radius 3 is 2.82 bits per heavy atom. The van der Waals surface area contributed by atoms with E-state index in [1.807, 2.05) is 18.2 Å². The van der Waals surface area contributed by atoms with Crippen LogP contribution in [0.2, 0.25) is 5.02 Å². The van der Waals surface area contributed by atoms with Crippen LogP contribution in [0.3, 0.4) is 0 Å². The lowest BCUT2D eigenvalue weighted by atomic mass is 9.98. The molecule has 0 radical (unpaired) electrons. The van der Waals surface area contributed by atoms with E-state index in [4.69, 9.17) is 16.3 Å². The summed E-state index contributed by atoms with van der Waals surface area (Å²) in [6.07, 6.45) is -0.536. The average molecular weight is 428 g/mol. The van der Waals surface area contributed by atoms with Crippen molar-refractivity contribution in [1.82, 2.24) is 0 Å². The Labute approximate surface area is 145 Å². The highest BCUT2D eigenvalue weighted by Crippen LogP contribution is 2.25. The van der Waals surface area contributed by atoms with Crippen molar-refractivity contribution in [3.8, 4) is 0 Å². The normalized spacial score (nSPS) is 16.6. The minimum absolute atomic E-state index is 0.316. The number of hydrogen-bond acceptors (Lipinski definition) is 3. The van der Waals surface area contributed by atoms with Crippen molar-refractivity contribution in [2.24, 2.45) is 0 Å². The molecule has 0 bridgehead atoms. The monoisotopic (exact) mass is 427 g/mol. The summed E-state index contributed by atoms with van der Waals surface area (Å²) in [6.45, 7) is 0. The predicted octanol–water partition coefficient (Wildman–Crippen LogP) is 3.66. The Morgan fingerprint density at radius 2 is 2.05 bits per heavy atom. The molecule has 0 aliphatic carbocycles. The van der Waals surface area contributed by atoms with Gasteiger partial charge < -0.3 is 10.1 Å². The number of fused-ring (bicyclic) bond motifs is 1. The first-order valence-electron chi connectivity index (χ1n) is 6.59. The zero-order valence-corrected chi connectivity index (χ0v) is 14.2. The van der Waals surface area contributed by atoms with Gasteiger partial charge in [-0.3, -0.25) is 4.79 Å². The number of rotatable bonds is 2. The molecule has 0 saturated heterocycles. The van der Waals surface area contributed by atoms with Crippen molar-refractivity contribution in [3.05, 3.63) is 62.2 Å². The third-order valence-corrected chi connectivity index (χ3v) is 4.54. The number of anilines is 1. The van der Waals surface area contributed by atoms with Crippen molar-refractivity contribution >= 4 is 51.8 Å². The fourth-order valence-electron chi connectivity index (χ4n) is 2.29. The molecule has 1 unspecified atom stereocenters. The van der Waals surface area contributed by atoms with Crippen LogP contribution < -0.4 is 5.32 Å². The highest BCUT2D eigenvalue weighted by atomic mass is 127. The van der Waals surface area contributed by atoms with Crippen LogP contribution in [0.15, 0.2) is 42.5 Å². The first kappa shape index (κ1) is 15.3. The molecule has 2 aromatic rings. The number of amides is 1. The quantitative estimate of drug-likeness (QED) is 0.588. The van der Waals surface area contributed by atoms with Crippen LogP contribution in [0.5, 0.6) is 0 Å². The maximum atomic E-state index is 12.3. The van der Waals surface area contributed by atoms with Crippen LogP contribution in [0.25, 0.3) is 0 Å². The zero-order chi connectivity index (χ0) is 15.7. The first-order chi connectivity index (χ1) is 10.5. The molecule has 1 heterocycles. The minimum Gasteiger partial charge on any atom is -0.448 e. The van der Waals surface area contributed by atoms with Crippen molar-refractivity contribution in [2.75, 3.05) is 5.32 Å². The smallest absolute Gasteiger partial charge is 0.339 e. The first-order valence-corrected chi connectivity index (χ1v) is 8.05. The third-order valence-electron chi connectivity index (χ3n) is 3.37. The highest BCUT2D eigenvalue weighted by Gasteiger charge is 2.31. The maximum Gasteiger partial charge on any atom is 0.339 e. The van der Waals surface area contributed by atoms with Gasteiger partial charge in [-0.05, 0) is 58.5 Å². The highest BCUT2D eigenvalue weighted by molar-refractivity contribution is 14.1. The van der Waals surface area contributed by atoms with Gasteiger partial charge in [0.15, 0.2) is 6.10 Å². The fourth-order valence-corrected chi connectivity index (χ4v) is 3.00. The Hall–Kier alpha value is -1.60. The van der Waals surface area contributed by atoms with Gasteiger partial charge in [0.2, 0.25) is 0 Å². The molecule has 3 rings (SSSR count). The van der Waals surface area contributed by atoms with Gasteiger partial charge in [-0.15, -0.1) is 0 Å². The molecule has 0 aromatic heterocycles. The summed E-state index contributed by atoms with van der Waals surface area (Å²) in [7, 11) is 0. The standard InChI is InChI=1S/C16H11ClINO3/c17-10-5-6-11-9(7-10)8-14(22-16(11)21)15(20)19-13-4-2-1-3-12(13)18/h1-7,14H,8H2,(H,19,20). The summed E-state index contributed by atoms with van der Waals surface area (Å²) in [5, 5.41) is 3.32. The third kappa shape index (κ3) is 3.10. The van der Waals surface area contributed by atoms with E-state index >= 15 is 0 Å². The van der Waals surface area contributed by atoms with Gasteiger partial charge in [0.25, 0.3) is 5.91 Å². The lowest BCUT2D eigenvalue weighted by molar-refractivity contribution is -0.125. The van der Waals surface area contributed by atoms with E-state index in [-0.39, 0.29) is 5.91 Å². The van der Waals surface area contributed by atoms with E-state index in [0.29, 0.717) is 22.7 Å². The molecule has 2 aromatic carbocycles. The molecular weight excluding hydrogens is 417 g/mol. The van der Waals surface area contributed by atoms with Crippen LogP contribution in [0, 0.1) is 3.57 Å². The number of nitrogens with one attached hydrogen (secondary N) is 1. The van der Waals surface area contributed by atoms with Crippen LogP contribution in [-0.4, -0.2) is 18.0 Å². The van der Waals surface area contributed by atoms with Crippen LogP contribution in [-0.2, 0) is 16.0 Å². The summed E-state index contributed by atoms with van der Waals surface area (Å²) in [5.41, 5.74) is 1.88. The van der Waals surface area contributed by atoms with Gasteiger partial charge in [0.1, 0.15) is 0 Å². The van der Waals surface area contributed by atoms with E-state index in [2.05, 4.69) is 27.9 Å². The summed E-state index contributed by atoms with van der Waals surface area (Å²) < 4.78 is 6.15. The average Bonchev–Trinajstić information content (AvgIpc) is 2.49. The predicted molar refractivity (Wildman–Crippen MR) is 92.1 cm³/mol. The summed E-state index contributed by atoms with van der Waals surface area (Å²) in [6, 6.07) is 12.4. The number of cyclic esters (lactones) is 1. The van der Waals surface area contributed by atoms with Crippen molar-refractivity contribution in [3.63, 3.8) is 0 Å². The summed E-state index contributed by atoms with van der Waals surface area (Å²) in [5.74, 6) is -0.844. The lowest BCUT2D eigenvalue weighted by Crippen LogP contribution is -2.38. The number of hydrogen-bond donors (Lipinski definition) is 1. The number of benzene rings is 2. The molecule has 1 aliphatic heterocycles. The molecule has 6 heteroatoms. The molecule has 22 heavy (non-hydrogen) atoms. The van der Waals surface area contributed by atoms with E-state index in [1.54, 1.807) is 24.3 Å². The molecule has 1 atom stereocenters. The van der Waals surface area contributed by atoms with E-state index in [9.17, 15) is 9.59 Å². The van der Waals surface area contributed by atoms with Crippen molar-refractivity contribution in [1.29, 1.82) is 0 Å². The number of carbonyl (C=O) groups is 2. The van der Waals surface area contributed by atoms with Gasteiger partial charge in [0.05, 0.1) is 11.3 Å². The zero-order valence-electron chi connectivity index (χ0n) is 11.3. The SMILES string of the molecule is O=C1OC(C(=O)Nc2ccccc2I)Cc2cc(Cl)ccc21. The second-order valence-corrected chi connectivity index (χ2v) is 6.47. The number of carbonyl (C=O) groups excluding carboxylic acids is 2. The Balaban J connectivity index is 1.80. The van der Waals surface area contributed by atoms with Crippen molar-refractivity contribution < 1.29 is 14.3 Å². The molecular formula is C16H11ClINO3. The maximum absolute atomic E-state index is 12.3. The topological polar surface area (TPSA) is 55.4 Å². The molecule has 0 fully saturated rings. The lowest BCUT2D eigenvalue weighted by Gasteiger charge is -2.24. The van der Waals surface area contributed by atoms with E-state index in [1.165, 1.54) is 0 Å². The van der Waals surface area contributed by atoms with E-state index in [0.717, 1.165) is 9.13 Å². The van der Waals surface area contributed by atoms with Crippen LogP contribution in [0.4, 0.5) is 5.69 Å². The molecule has 112 valence electrons. The molecule has 0 saturated carbocycles. The van der Waals surface area contributed by atoms with Gasteiger partial charge in [0, 0.05) is 15.0 Å². The second kappa shape index (κ2) is 6.26. The molecule has 1 aliphatic rings. The largest absolute Gasteiger partial charge is 0.448 e. The Morgan fingerprint density at radius 1 is 1.27 bits per heavy atom. The van der Waals surface area contributed by atoms with Crippen LogP contribution >= 0.6 is 34.2 Å². The van der Waals surface area contributed by atoms with Gasteiger partial charge >= 0.3 is 5.97 Å². The number of esters is 1. The number of para-hydroxylation sites is 1. The van der Waals surface area contributed by atoms with Gasteiger partial charge in [-0.1, -0.05) is 23.7 Å².